The van der Waals surface area contributed by atoms with Crippen LogP contribution in [0.3, 0.4) is 0 Å². The molecule has 4 aliphatic rings. The number of hydrogen-bond acceptors (Lipinski definition) is 2. The molecule has 2 aliphatic carbocycles. The minimum atomic E-state index is -0.0291. The molecule has 126 valence electrons. The first-order valence-corrected chi connectivity index (χ1v) is 9.51. The minimum absolute atomic E-state index is 0.0291. The van der Waals surface area contributed by atoms with Crippen LogP contribution in [-0.2, 0) is 9.47 Å². The number of fused-ring (bicyclic) bond motifs is 3. The molecule has 0 amide bonds. The molecule has 2 saturated carbocycles. The Balaban J connectivity index is 1.65. The lowest BCUT2D eigenvalue weighted by atomic mass is 9.44. The minimum Gasteiger partial charge on any atom is -0.370 e. The molecule has 0 N–H and O–H groups in total. The van der Waals surface area contributed by atoms with Crippen LogP contribution in [-0.4, -0.2) is 23.9 Å². The summed E-state index contributed by atoms with van der Waals surface area (Å²) in [7, 11) is 0. The standard InChI is InChI=1S/C20H34O2/c1-17(2)9-6-10-18(3)14(17)7-11-19(4)15(18)8-12-20(5,22-19)16-13-21-16/h14-16H,6-13H2,1-5H3. The molecule has 4 fully saturated rings. The second-order valence-corrected chi connectivity index (χ2v) is 10.1. The van der Waals surface area contributed by atoms with Crippen LogP contribution in [0, 0.1) is 22.7 Å². The van der Waals surface area contributed by atoms with Gasteiger partial charge in [-0.3, -0.25) is 0 Å². The molecule has 22 heavy (non-hydrogen) atoms. The quantitative estimate of drug-likeness (QED) is 0.639. The van der Waals surface area contributed by atoms with E-state index in [1.54, 1.807) is 0 Å². The van der Waals surface area contributed by atoms with Gasteiger partial charge >= 0.3 is 0 Å². The fourth-order valence-electron chi connectivity index (χ4n) is 7.01. The lowest BCUT2D eigenvalue weighted by Crippen LogP contribution is -2.63. The van der Waals surface area contributed by atoms with E-state index in [4.69, 9.17) is 9.47 Å². The van der Waals surface area contributed by atoms with Crippen molar-refractivity contribution in [2.75, 3.05) is 6.61 Å². The van der Waals surface area contributed by atoms with Gasteiger partial charge in [-0.05, 0) is 75.0 Å². The molecule has 2 heterocycles. The fourth-order valence-corrected chi connectivity index (χ4v) is 7.01. The van der Waals surface area contributed by atoms with Crippen molar-refractivity contribution in [2.45, 2.75) is 96.9 Å². The van der Waals surface area contributed by atoms with Gasteiger partial charge in [0.1, 0.15) is 6.10 Å². The van der Waals surface area contributed by atoms with E-state index < -0.39 is 0 Å². The van der Waals surface area contributed by atoms with Crippen molar-refractivity contribution in [3.05, 3.63) is 0 Å². The van der Waals surface area contributed by atoms with E-state index in [0.717, 1.165) is 18.4 Å². The lowest BCUT2D eigenvalue weighted by molar-refractivity contribution is -0.269. The molecule has 0 spiro atoms. The maximum Gasteiger partial charge on any atom is 0.110 e. The van der Waals surface area contributed by atoms with Crippen molar-refractivity contribution in [1.29, 1.82) is 0 Å². The van der Waals surface area contributed by atoms with Crippen molar-refractivity contribution in [3.63, 3.8) is 0 Å². The molecule has 2 aliphatic heterocycles. The predicted octanol–water partition coefficient (Wildman–Crippen LogP) is 4.96. The van der Waals surface area contributed by atoms with Gasteiger partial charge in [0, 0.05) is 0 Å². The first-order chi connectivity index (χ1) is 10.2. The highest BCUT2D eigenvalue weighted by Crippen LogP contribution is 2.66. The number of ether oxygens (including phenoxy) is 2. The summed E-state index contributed by atoms with van der Waals surface area (Å²) >= 11 is 0. The third-order valence-electron chi connectivity index (χ3n) is 8.15. The van der Waals surface area contributed by atoms with Crippen LogP contribution >= 0.6 is 0 Å². The molecule has 0 bridgehead atoms. The smallest absolute Gasteiger partial charge is 0.110 e. The Hall–Kier alpha value is -0.0800. The van der Waals surface area contributed by atoms with E-state index >= 15 is 0 Å². The maximum absolute atomic E-state index is 6.85. The summed E-state index contributed by atoms with van der Waals surface area (Å²) in [5.41, 5.74) is 1.02. The van der Waals surface area contributed by atoms with E-state index in [2.05, 4.69) is 34.6 Å². The summed E-state index contributed by atoms with van der Waals surface area (Å²) in [6.45, 7) is 13.3. The van der Waals surface area contributed by atoms with Crippen molar-refractivity contribution in [3.8, 4) is 0 Å². The van der Waals surface area contributed by atoms with Crippen LogP contribution in [0.25, 0.3) is 0 Å². The highest BCUT2D eigenvalue weighted by molar-refractivity contribution is 5.12. The maximum atomic E-state index is 6.85. The molecule has 0 aromatic carbocycles. The molecule has 4 rings (SSSR count). The van der Waals surface area contributed by atoms with E-state index in [-0.39, 0.29) is 11.2 Å². The average Bonchev–Trinajstić information content (AvgIpc) is 3.20. The van der Waals surface area contributed by atoms with E-state index in [9.17, 15) is 0 Å². The van der Waals surface area contributed by atoms with Crippen molar-refractivity contribution < 1.29 is 9.47 Å². The van der Waals surface area contributed by atoms with Gasteiger partial charge in [-0.25, -0.2) is 0 Å². The molecular weight excluding hydrogens is 272 g/mol. The van der Waals surface area contributed by atoms with Crippen LogP contribution in [0.15, 0.2) is 0 Å². The first-order valence-electron chi connectivity index (χ1n) is 9.51. The Morgan fingerprint density at radius 1 is 0.773 bits per heavy atom. The summed E-state index contributed by atoms with van der Waals surface area (Å²) in [6, 6.07) is 0. The Morgan fingerprint density at radius 3 is 2.09 bits per heavy atom. The zero-order valence-corrected chi connectivity index (χ0v) is 15.2. The largest absolute Gasteiger partial charge is 0.370 e. The summed E-state index contributed by atoms with van der Waals surface area (Å²) in [5, 5.41) is 0. The number of epoxide rings is 1. The number of hydrogen-bond donors (Lipinski definition) is 0. The fraction of sp³-hybridized carbons (Fsp3) is 1.00. The third kappa shape index (κ3) is 2.05. The summed E-state index contributed by atoms with van der Waals surface area (Å²) < 4.78 is 12.5. The van der Waals surface area contributed by atoms with Gasteiger partial charge in [0.25, 0.3) is 0 Å². The van der Waals surface area contributed by atoms with Gasteiger partial charge in [-0.2, -0.15) is 0 Å². The third-order valence-corrected chi connectivity index (χ3v) is 8.15. The van der Waals surface area contributed by atoms with Crippen LogP contribution < -0.4 is 0 Å². The molecule has 6 atom stereocenters. The SMILES string of the molecule is CC1(C)CCCC2(C)C1CCC1(C)OC(C)(C3CO3)CCC12. The molecule has 0 aromatic rings. The van der Waals surface area contributed by atoms with Crippen LogP contribution in [0.4, 0.5) is 0 Å². The zero-order chi connectivity index (χ0) is 15.8. The van der Waals surface area contributed by atoms with Crippen molar-refractivity contribution >= 4 is 0 Å². The molecule has 2 nitrogen and oxygen atoms in total. The topological polar surface area (TPSA) is 21.8 Å². The number of rotatable bonds is 1. The summed E-state index contributed by atoms with van der Waals surface area (Å²) in [4.78, 5) is 0. The Kier molecular flexibility index (Phi) is 3.16. The molecule has 0 aromatic heterocycles. The van der Waals surface area contributed by atoms with Crippen molar-refractivity contribution in [1.82, 2.24) is 0 Å². The predicted molar refractivity (Wildman–Crippen MR) is 88.8 cm³/mol. The molecule has 6 unspecified atom stereocenters. The van der Waals surface area contributed by atoms with Gasteiger partial charge < -0.3 is 9.47 Å². The monoisotopic (exact) mass is 306 g/mol. The van der Waals surface area contributed by atoms with Gasteiger partial charge in [-0.15, -0.1) is 0 Å². The van der Waals surface area contributed by atoms with E-state index in [0.29, 0.717) is 16.9 Å². The van der Waals surface area contributed by atoms with Crippen LogP contribution in [0.2, 0.25) is 0 Å². The summed E-state index contributed by atoms with van der Waals surface area (Å²) in [6.07, 6.45) is 9.67. The highest BCUT2D eigenvalue weighted by atomic mass is 16.6. The second kappa shape index (κ2) is 4.51. The molecule has 2 saturated heterocycles. The van der Waals surface area contributed by atoms with E-state index in [1.165, 1.54) is 44.9 Å². The average molecular weight is 306 g/mol. The van der Waals surface area contributed by atoms with Gasteiger partial charge in [0.2, 0.25) is 0 Å². The van der Waals surface area contributed by atoms with Gasteiger partial charge in [0.15, 0.2) is 0 Å². The highest BCUT2D eigenvalue weighted by Gasteiger charge is 2.63. The van der Waals surface area contributed by atoms with Crippen LogP contribution in [0.5, 0.6) is 0 Å². The van der Waals surface area contributed by atoms with Crippen molar-refractivity contribution in [2.24, 2.45) is 22.7 Å². The lowest BCUT2D eigenvalue weighted by Gasteiger charge is -2.65. The van der Waals surface area contributed by atoms with Crippen LogP contribution in [0.1, 0.15) is 79.6 Å². The zero-order valence-electron chi connectivity index (χ0n) is 15.2. The van der Waals surface area contributed by atoms with Gasteiger partial charge in [0.05, 0.1) is 17.8 Å². The molecule has 2 heteroatoms. The normalized spacial score (nSPS) is 56.9. The molecule has 0 radical (unpaired) electrons. The first kappa shape index (κ1) is 15.4. The second-order valence-electron chi connectivity index (χ2n) is 10.1. The van der Waals surface area contributed by atoms with E-state index in [1.807, 2.05) is 0 Å². The molecular formula is C20H34O2. The van der Waals surface area contributed by atoms with Gasteiger partial charge in [-0.1, -0.05) is 27.2 Å². The Labute approximate surface area is 136 Å². The summed E-state index contributed by atoms with van der Waals surface area (Å²) in [5.74, 6) is 1.60. The Bertz CT molecular complexity index is 468. The Morgan fingerprint density at radius 2 is 1.41 bits per heavy atom.